The van der Waals surface area contributed by atoms with Gasteiger partial charge in [-0.2, -0.15) is 0 Å². The van der Waals surface area contributed by atoms with Gasteiger partial charge in [0, 0.05) is 24.4 Å². The van der Waals surface area contributed by atoms with Gasteiger partial charge in [-0.05, 0) is 30.9 Å². The van der Waals surface area contributed by atoms with Crippen LogP contribution in [0.4, 0.5) is 0 Å². The van der Waals surface area contributed by atoms with E-state index in [9.17, 15) is 4.79 Å². The van der Waals surface area contributed by atoms with Gasteiger partial charge in [0.15, 0.2) is 0 Å². The van der Waals surface area contributed by atoms with Crippen molar-refractivity contribution in [3.05, 3.63) is 30.1 Å². The number of pyridine rings is 1. The number of carbonyl (C=O) groups excluding carboxylic acids is 1. The van der Waals surface area contributed by atoms with Crippen LogP contribution in [0.25, 0.3) is 0 Å². The van der Waals surface area contributed by atoms with E-state index in [4.69, 9.17) is 0 Å². The van der Waals surface area contributed by atoms with E-state index in [-0.39, 0.29) is 11.8 Å². The van der Waals surface area contributed by atoms with E-state index < -0.39 is 0 Å². The van der Waals surface area contributed by atoms with Gasteiger partial charge in [-0.15, -0.1) is 0 Å². The second kappa shape index (κ2) is 4.43. The molecule has 0 aliphatic carbocycles. The number of aromatic nitrogens is 1. The zero-order chi connectivity index (χ0) is 10.7. The van der Waals surface area contributed by atoms with Crippen LogP contribution in [-0.4, -0.2) is 17.4 Å². The molecule has 1 saturated heterocycles. The highest BCUT2D eigenvalue weighted by atomic mass is 16.2. The lowest BCUT2D eigenvalue weighted by molar-refractivity contribution is -0.123. The van der Waals surface area contributed by atoms with E-state index >= 15 is 0 Å². The summed E-state index contributed by atoms with van der Waals surface area (Å²) in [6.45, 7) is 2.87. The van der Waals surface area contributed by atoms with E-state index in [2.05, 4.69) is 17.2 Å². The van der Waals surface area contributed by atoms with Crippen LogP contribution in [-0.2, 0) is 11.2 Å². The molecule has 0 aromatic carbocycles. The average Bonchev–Trinajstić information content (AvgIpc) is 2.61. The third kappa shape index (κ3) is 2.17. The maximum absolute atomic E-state index is 11.5. The van der Waals surface area contributed by atoms with Gasteiger partial charge in [-0.25, -0.2) is 0 Å². The van der Waals surface area contributed by atoms with Crippen LogP contribution < -0.4 is 5.32 Å². The number of carbonyl (C=O) groups is 1. The molecule has 0 spiro atoms. The second-order valence-corrected chi connectivity index (χ2v) is 4.05. The van der Waals surface area contributed by atoms with Crippen molar-refractivity contribution in [3.63, 3.8) is 0 Å². The molecule has 2 unspecified atom stereocenters. The zero-order valence-corrected chi connectivity index (χ0v) is 8.94. The van der Waals surface area contributed by atoms with Crippen molar-refractivity contribution in [1.29, 1.82) is 0 Å². The highest BCUT2D eigenvalue weighted by Crippen LogP contribution is 2.24. The molecule has 1 aromatic heterocycles. The predicted molar refractivity (Wildman–Crippen MR) is 58.2 cm³/mol. The molecule has 1 amide bonds. The summed E-state index contributed by atoms with van der Waals surface area (Å²) >= 11 is 0. The summed E-state index contributed by atoms with van der Waals surface area (Å²) in [4.78, 5) is 15.8. The van der Waals surface area contributed by atoms with Crippen LogP contribution in [0, 0.1) is 11.8 Å². The quantitative estimate of drug-likeness (QED) is 0.808. The van der Waals surface area contributed by atoms with Gasteiger partial charge in [-0.3, -0.25) is 9.78 Å². The van der Waals surface area contributed by atoms with E-state index in [0.29, 0.717) is 5.92 Å². The minimum absolute atomic E-state index is 0.173. The number of hydrogen-bond donors (Lipinski definition) is 1. The summed E-state index contributed by atoms with van der Waals surface area (Å²) in [5.74, 6) is 0.794. The molecule has 15 heavy (non-hydrogen) atoms. The van der Waals surface area contributed by atoms with Crippen LogP contribution >= 0.6 is 0 Å². The van der Waals surface area contributed by atoms with Crippen molar-refractivity contribution >= 4 is 5.91 Å². The first-order chi connectivity index (χ1) is 7.31. The molecule has 0 radical (unpaired) electrons. The lowest BCUT2D eigenvalue weighted by atomic mass is 9.89. The Bertz CT molecular complexity index is 337. The molecule has 1 aliphatic heterocycles. The van der Waals surface area contributed by atoms with E-state index in [0.717, 1.165) is 25.1 Å². The fourth-order valence-corrected chi connectivity index (χ4v) is 2.24. The van der Waals surface area contributed by atoms with Gasteiger partial charge in [-0.1, -0.05) is 13.0 Å². The second-order valence-electron chi connectivity index (χ2n) is 4.05. The minimum Gasteiger partial charge on any atom is -0.356 e. The molecule has 1 N–H and O–H groups in total. The van der Waals surface area contributed by atoms with Crippen molar-refractivity contribution in [1.82, 2.24) is 10.3 Å². The molecular weight excluding hydrogens is 188 g/mol. The van der Waals surface area contributed by atoms with Gasteiger partial charge in [0.05, 0.1) is 0 Å². The Morgan fingerprint density at radius 3 is 3.07 bits per heavy atom. The first-order valence-electron chi connectivity index (χ1n) is 5.49. The Morgan fingerprint density at radius 1 is 1.53 bits per heavy atom. The predicted octanol–water partition coefficient (Wildman–Crippen LogP) is 1.40. The Balaban J connectivity index is 2.04. The highest BCUT2D eigenvalue weighted by molar-refractivity contribution is 5.81. The number of hydrogen-bond acceptors (Lipinski definition) is 2. The average molecular weight is 204 g/mol. The fourth-order valence-electron chi connectivity index (χ4n) is 2.24. The Kier molecular flexibility index (Phi) is 2.99. The van der Waals surface area contributed by atoms with Crippen molar-refractivity contribution in [2.24, 2.45) is 11.8 Å². The van der Waals surface area contributed by atoms with Gasteiger partial charge in [0.2, 0.25) is 5.91 Å². The standard InChI is InChI=1S/C12H16N2O/c1-2-11-9(8-14-12(11)15)7-10-5-3-4-6-13-10/h3-6,9,11H,2,7-8H2,1H3,(H,14,15). The molecule has 2 atom stereocenters. The normalized spacial score (nSPS) is 25.3. The molecule has 1 fully saturated rings. The van der Waals surface area contributed by atoms with Crippen molar-refractivity contribution < 1.29 is 4.79 Å². The Morgan fingerprint density at radius 2 is 2.40 bits per heavy atom. The Hall–Kier alpha value is -1.38. The molecule has 2 heterocycles. The van der Waals surface area contributed by atoms with Gasteiger partial charge in [0.25, 0.3) is 0 Å². The first-order valence-corrected chi connectivity index (χ1v) is 5.49. The number of rotatable bonds is 3. The van der Waals surface area contributed by atoms with Crippen LogP contribution in [0.2, 0.25) is 0 Å². The topological polar surface area (TPSA) is 42.0 Å². The third-order valence-corrected chi connectivity index (χ3v) is 3.08. The zero-order valence-electron chi connectivity index (χ0n) is 8.94. The lowest BCUT2D eigenvalue weighted by Crippen LogP contribution is -2.19. The molecular formula is C12H16N2O. The Labute approximate surface area is 89.9 Å². The molecule has 1 aromatic rings. The maximum atomic E-state index is 11.5. The van der Waals surface area contributed by atoms with Crippen molar-refractivity contribution in [2.75, 3.05) is 6.54 Å². The fraction of sp³-hybridized carbons (Fsp3) is 0.500. The summed E-state index contributed by atoms with van der Waals surface area (Å²) < 4.78 is 0. The number of nitrogens with one attached hydrogen (secondary N) is 1. The molecule has 80 valence electrons. The summed E-state index contributed by atoms with van der Waals surface area (Å²) in [5, 5.41) is 2.92. The summed E-state index contributed by atoms with van der Waals surface area (Å²) in [5.41, 5.74) is 1.08. The van der Waals surface area contributed by atoms with Crippen LogP contribution in [0.15, 0.2) is 24.4 Å². The van der Waals surface area contributed by atoms with Crippen LogP contribution in [0.3, 0.4) is 0 Å². The van der Waals surface area contributed by atoms with Crippen LogP contribution in [0.1, 0.15) is 19.0 Å². The van der Waals surface area contributed by atoms with E-state index in [1.807, 2.05) is 18.2 Å². The molecule has 3 heteroatoms. The summed E-state index contributed by atoms with van der Waals surface area (Å²) in [7, 11) is 0. The summed E-state index contributed by atoms with van der Waals surface area (Å²) in [6.07, 6.45) is 3.63. The van der Waals surface area contributed by atoms with Gasteiger partial charge >= 0.3 is 0 Å². The summed E-state index contributed by atoms with van der Waals surface area (Å²) in [6, 6.07) is 5.93. The molecule has 0 saturated carbocycles. The molecule has 2 rings (SSSR count). The monoisotopic (exact) mass is 204 g/mol. The van der Waals surface area contributed by atoms with Gasteiger partial charge < -0.3 is 5.32 Å². The van der Waals surface area contributed by atoms with E-state index in [1.165, 1.54) is 0 Å². The number of amides is 1. The lowest BCUT2D eigenvalue weighted by Gasteiger charge is -2.13. The molecule has 0 bridgehead atoms. The van der Waals surface area contributed by atoms with Gasteiger partial charge in [0.1, 0.15) is 0 Å². The smallest absolute Gasteiger partial charge is 0.223 e. The third-order valence-electron chi connectivity index (χ3n) is 3.08. The van der Waals surface area contributed by atoms with Crippen molar-refractivity contribution in [3.8, 4) is 0 Å². The highest BCUT2D eigenvalue weighted by Gasteiger charge is 2.32. The number of nitrogens with zero attached hydrogens (tertiary/aromatic N) is 1. The van der Waals surface area contributed by atoms with E-state index in [1.54, 1.807) is 6.20 Å². The van der Waals surface area contributed by atoms with Crippen molar-refractivity contribution in [2.45, 2.75) is 19.8 Å². The largest absolute Gasteiger partial charge is 0.356 e. The van der Waals surface area contributed by atoms with Crippen LogP contribution in [0.5, 0.6) is 0 Å². The SMILES string of the molecule is CCC1C(=O)NCC1Cc1ccccn1. The first kappa shape index (κ1) is 10.1. The minimum atomic E-state index is 0.173. The molecule has 1 aliphatic rings. The molecule has 3 nitrogen and oxygen atoms in total. The maximum Gasteiger partial charge on any atom is 0.223 e.